The second-order valence-corrected chi connectivity index (χ2v) is 4.02. The lowest BCUT2D eigenvalue weighted by molar-refractivity contribution is 0.0331. The van der Waals surface area contributed by atoms with Crippen molar-refractivity contribution >= 4 is 0 Å². The molecule has 1 rings (SSSR count). The summed E-state index contributed by atoms with van der Waals surface area (Å²) in [5, 5.41) is 0. The largest absolute Gasteiger partial charge is 0.379 e. The van der Waals surface area contributed by atoms with E-state index in [0.717, 1.165) is 45.9 Å². The molecule has 1 fully saturated rings. The monoisotopic (exact) mass is 201 g/mol. The molecule has 0 amide bonds. The van der Waals surface area contributed by atoms with Gasteiger partial charge in [-0.05, 0) is 14.0 Å². The minimum atomic E-state index is 0.482. The van der Waals surface area contributed by atoms with Gasteiger partial charge in [0.2, 0.25) is 0 Å². The normalized spacial score (nSPS) is 21.4. The Kier molecular flexibility index (Phi) is 5.40. The number of nitrogens with zero attached hydrogens (tertiary/aromatic N) is 2. The fraction of sp³-hybridized carbons (Fsp3) is 1.00. The average molecular weight is 201 g/mol. The van der Waals surface area contributed by atoms with Crippen molar-refractivity contribution in [2.75, 3.05) is 53.0 Å². The van der Waals surface area contributed by atoms with Crippen molar-refractivity contribution in [3.8, 4) is 0 Å². The minimum absolute atomic E-state index is 0.482. The Bertz CT molecular complexity index is 146. The average Bonchev–Trinajstić information content (AvgIpc) is 2.26. The van der Waals surface area contributed by atoms with Crippen LogP contribution in [0.2, 0.25) is 0 Å². The van der Waals surface area contributed by atoms with Crippen LogP contribution in [0, 0.1) is 0 Å². The molecule has 0 bridgehead atoms. The Morgan fingerprint density at radius 1 is 1.43 bits per heavy atom. The van der Waals surface area contributed by atoms with E-state index in [9.17, 15) is 0 Å². The first-order chi connectivity index (χ1) is 6.74. The maximum absolute atomic E-state index is 5.61. The maximum Gasteiger partial charge on any atom is 0.0594 e. The van der Waals surface area contributed by atoms with Crippen molar-refractivity contribution in [1.82, 2.24) is 9.80 Å². The Labute approximate surface area is 87.0 Å². The zero-order chi connectivity index (χ0) is 10.4. The van der Waals surface area contributed by atoms with E-state index in [4.69, 9.17) is 10.5 Å². The summed E-state index contributed by atoms with van der Waals surface area (Å²) in [6.07, 6.45) is 0. The maximum atomic E-state index is 5.61. The van der Waals surface area contributed by atoms with Crippen LogP contribution in [-0.2, 0) is 4.74 Å². The molecule has 4 nitrogen and oxygen atoms in total. The SMILES string of the molecule is CC(CN)N(C)CCN1CCOCC1. The molecular weight excluding hydrogens is 178 g/mol. The summed E-state index contributed by atoms with van der Waals surface area (Å²) in [5.74, 6) is 0. The molecule has 1 heterocycles. The molecule has 1 saturated heterocycles. The number of likely N-dealkylation sites (N-methyl/N-ethyl adjacent to an activating group) is 1. The van der Waals surface area contributed by atoms with Crippen molar-refractivity contribution in [2.24, 2.45) is 5.73 Å². The Morgan fingerprint density at radius 2 is 2.07 bits per heavy atom. The van der Waals surface area contributed by atoms with E-state index in [0.29, 0.717) is 6.04 Å². The summed E-state index contributed by atoms with van der Waals surface area (Å²) in [7, 11) is 2.14. The summed E-state index contributed by atoms with van der Waals surface area (Å²) in [4.78, 5) is 4.76. The fourth-order valence-electron chi connectivity index (χ4n) is 1.52. The number of ether oxygens (including phenoxy) is 1. The summed E-state index contributed by atoms with van der Waals surface area (Å²) >= 11 is 0. The van der Waals surface area contributed by atoms with Crippen LogP contribution in [0.25, 0.3) is 0 Å². The molecule has 1 atom stereocenters. The Morgan fingerprint density at radius 3 is 2.64 bits per heavy atom. The van der Waals surface area contributed by atoms with Crippen LogP contribution in [0.5, 0.6) is 0 Å². The molecule has 0 spiro atoms. The molecule has 0 aliphatic carbocycles. The number of nitrogens with two attached hydrogens (primary N) is 1. The van der Waals surface area contributed by atoms with Gasteiger partial charge in [-0.15, -0.1) is 0 Å². The van der Waals surface area contributed by atoms with Gasteiger partial charge in [-0.1, -0.05) is 0 Å². The molecule has 0 saturated carbocycles. The Hall–Kier alpha value is -0.160. The van der Waals surface area contributed by atoms with E-state index in [1.54, 1.807) is 0 Å². The van der Waals surface area contributed by atoms with Crippen molar-refractivity contribution in [1.29, 1.82) is 0 Å². The predicted molar refractivity (Wildman–Crippen MR) is 58.4 cm³/mol. The summed E-state index contributed by atoms with van der Waals surface area (Å²) in [5.41, 5.74) is 5.61. The van der Waals surface area contributed by atoms with Gasteiger partial charge in [0.25, 0.3) is 0 Å². The minimum Gasteiger partial charge on any atom is -0.379 e. The van der Waals surface area contributed by atoms with Gasteiger partial charge in [0, 0.05) is 38.8 Å². The third kappa shape index (κ3) is 3.92. The lowest BCUT2D eigenvalue weighted by atomic mass is 10.3. The molecule has 0 radical (unpaired) electrons. The van der Waals surface area contributed by atoms with Crippen LogP contribution in [0.1, 0.15) is 6.92 Å². The summed E-state index contributed by atoms with van der Waals surface area (Å²) < 4.78 is 5.30. The van der Waals surface area contributed by atoms with Crippen molar-refractivity contribution in [3.63, 3.8) is 0 Å². The first-order valence-electron chi connectivity index (χ1n) is 5.44. The molecule has 0 aromatic heterocycles. The fourth-order valence-corrected chi connectivity index (χ4v) is 1.52. The van der Waals surface area contributed by atoms with Crippen molar-refractivity contribution in [3.05, 3.63) is 0 Å². The molecule has 1 aliphatic heterocycles. The quantitative estimate of drug-likeness (QED) is 0.657. The van der Waals surface area contributed by atoms with Gasteiger partial charge >= 0.3 is 0 Å². The number of rotatable bonds is 5. The third-order valence-corrected chi connectivity index (χ3v) is 2.97. The molecule has 14 heavy (non-hydrogen) atoms. The lowest BCUT2D eigenvalue weighted by Crippen LogP contribution is -2.44. The van der Waals surface area contributed by atoms with E-state index in [1.807, 2.05) is 0 Å². The highest BCUT2D eigenvalue weighted by molar-refractivity contribution is 4.68. The molecular formula is C10H23N3O. The smallest absolute Gasteiger partial charge is 0.0594 e. The van der Waals surface area contributed by atoms with E-state index >= 15 is 0 Å². The highest BCUT2D eigenvalue weighted by atomic mass is 16.5. The first-order valence-corrected chi connectivity index (χ1v) is 5.44. The van der Waals surface area contributed by atoms with Gasteiger partial charge in [0.05, 0.1) is 13.2 Å². The summed E-state index contributed by atoms with van der Waals surface area (Å²) in [6, 6.07) is 0.482. The second-order valence-electron chi connectivity index (χ2n) is 4.02. The number of hydrogen-bond acceptors (Lipinski definition) is 4. The van der Waals surface area contributed by atoms with Gasteiger partial charge in [-0.25, -0.2) is 0 Å². The zero-order valence-corrected chi connectivity index (χ0v) is 9.41. The molecule has 1 aliphatic rings. The molecule has 4 heteroatoms. The highest BCUT2D eigenvalue weighted by Gasteiger charge is 2.12. The van der Waals surface area contributed by atoms with Crippen LogP contribution < -0.4 is 5.73 Å². The van der Waals surface area contributed by atoms with Gasteiger partial charge in [-0.3, -0.25) is 4.90 Å². The third-order valence-electron chi connectivity index (χ3n) is 2.97. The molecule has 1 unspecified atom stereocenters. The first kappa shape index (κ1) is 11.9. The van der Waals surface area contributed by atoms with Gasteiger partial charge in [-0.2, -0.15) is 0 Å². The van der Waals surface area contributed by atoms with Crippen LogP contribution in [-0.4, -0.2) is 68.8 Å². The summed E-state index contributed by atoms with van der Waals surface area (Å²) in [6.45, 7) is 9.05. The Balaban J connectivity index is 2.12. The van der Waals surface area contributed by atoms with Crippen LogP contribution >= 0.6 is 0 Å². The van der Waals surface area contributed by atoms with E-state index in [1.165, 1.54) is 0 Å². The van der Waals surface area contributed by atoms with Crippen LogP contribution in [0.15, 0.2) is 0 Å². The molecule has 0 aromatic carbocycles. The van der Waals surface area contributed by atoms with E-state index in [-0.39, 0.29) is 0 Å². The molecule has 84 valence electrons. The molecule has 0 aromatic rings. The van der Waals surface area contributed by atoms with Crippen LogP contribution in [0.4, 0.5) is 0 Å². The van der Waals surface area contributed by atoms with Crippen molar-refractivity contribution in [2.45, 2.75) is 13.0 Å². The standard InChI is InChI=1S/C10H23N3O/c1-10(9-11)12(2)3-4-13-5-7-14-8-6-13/h10H,3-9,11H2,1-2H3. The van der Waals surface area contributed by atoms with Gasteiger partial charge in [0.15, 0.2) is 0 Å². The van der Waals surface area contributed by atoms with E-state index in [2.05, 4.69) is 23.8 Å². The zero-order valence-electron chi connectivity index (χ0n) is 9.41. The van der Waals surface area contributed by atoms with Gasteiger partial charge in [0.1, 0.15) is 0 Å². The number of morpholine rings is 1. The topological polar surface area (TPSA) is 41.7 Å². The van der Waals surface area contributed by atoms with Crippen molar-refractivity contribution < 1.29 is 4.74 Å². The molecule has 2 N–H and O–H groups in total. The highest BCUT2D eigenvalue weighted by Crippen LogP contribution is 1.98. The predicted octanol–water partition coefficient (Wildman–Crippen LogP) is -0.402. The second kappa shape index (κ2) is 6.35. The lowest BCUT2D eigenvalue weighted by Gasteiger charge is -2.30. The van der Waals surface area contributed by atoms with E-state index < -0.39 is 0 Å². The van der Waals surface area contributed by atoms with Gasteiger partial charge < -0.3 is 15.4 Å². The van der Waals surface area contributed by atoms with Crippen LogP contribution in [0.3, 0.4) is 0 Å². The number of hydrogen-bond donors (Lipinski definition) is 1.